The van der Waals surface area contributed by atoms with Crippen LogP contribution in [0.3, 0.4) is 0 Å². The van der Waals surface area contributed by atoms with Gasteiger partial charge in [-0.15, -0.1) is 43.1 Å². The number of halogens is 2. The molecule has 62 heavy (non-hydrogen) atoms. The number of aromatic nitrogens is 6. The fraction of sp³-hybridized carbons (Fsp3) is 0.356. The molecular formula is C45H44Cl2N8O5S2. The highest BCUT2D eigenvalue weighted by Crippen LogP contribution is 2.42. The van der Waals surface area contributed by atoms with Gasteiger partial charge >= 0.3 is 5.97 Å². The SMILES string of the molecule is COC(=O)C[C@H]1N=C(c2ccc(Cl)cc2)c2c(sc(C(=O)CCCOCCCC(=O)C[C@@H]3N=C(c4ccc(Cl)cc4)c4c(sc(C)c4C)-n4c(C)nnc43)c2C)-n2c(C)nnc21. The van der Waals surface area contributed by atoms with Crippen molar-refractivity contribution in [2.75, 3.05) is 20.3 Å². The van der Waals surface area contributed by atoms with Gasteiger partial charge in [0.25, 0.3) is 0 Å². The molecule has 17 heteroatoms. The largest absolute Gasteiger partial charge is 0.469 e. The molecule has 0 saturated carbocycles. The van der Waals surface area contributed by atoms with Gasteiger partial charge in [-0.3, -0.25) is 33.5 Å². The molecule has 2 atom stereocenters. The van der Waals surface area contributed by atoms with Crippen molar-refractivity contribution in [2.24, 2.45) is 9.98 Å². The van der Waals surface area contributed by atoms with E-state index in [1.807, 2.05) is 66.3 Å². The van der Waals surface area contributed by atoms with Gasteiger partial charge in [-0.25, -0.2) is 0 Å². The van der Waals surface area contributed by atoms with Gasteiger partial charge in [-0.2, -0.15) is 0 Å². The van der Waals surface area contributed by atoms with Gasteiger partial charge in [0.1, 0.15) is 39.5 Å². The summed E-state index contributed by atoms with van der Waals surface area (Å²) in [6, 6.07) is 13.8. The van der Waals surface area contributed by atoms with Gasteiger partial charge in [-0.05, 0) is 82.9 Å². The maximum atomic E-state index is 13.9. The Hall–Kier alpha value is -5.19. The normalized spacial score (nSPS) is 15.4. The van der Waals surface area contributed by atoms with Crippen LogP contribution in [0.25, 0.3) is 10.0 Å². The standard InChI is InChI=1S/C45H44Cl2N8O5S2/c1-23-25(3)61-44-37(23)39(28-11-15-30(46)16-12-28)48-33(42-52-50-26(4)54(42)44)21-32(56)9-7-19-60-20-8-10-35(57)41-24(2)38-40(29-13-17-31(47)18-14-29)49-34(22-36(58)59-6)43-53-51-27(5)55(43)45(38)62-41/h11-18,33-34H,7-10,19-22H2,1-6H3/t33-,34+/m0/s1. The summed E-state index contributed by atoms with van der Waals surface area (Å²) in [5.74, 6) is 2.11. The first kappa shape index (κ1) is 43.5. The third kappa shape index (κ3) is 8.48. The van der Waals surface area contributed by atoms with Gasteiger partial charge in [0.05, 0.1) is 29.8 Å². The van der Waals surface area contributed by atoms with Gasteiger partial charge in [0, 0.05) is 69.7 Å². The number of rotatable bonds is 15. The fourth-order valence-electron chi connectivity index (χ4n) is 7.90. The molecular weight excluding hydrogens is 868 g/mol. The van der Waals surface area contributed by atoms with Crippen LogP contribution < -0.4 is 0 Å². The number of nitrogens with zero attached hydrogens (tertiary/aromatic N) is 8. The number of thiophene rings is 2. The van der Waals surface area contributed by atoms with Gasteiger partial charge in [0.2, 0.25) is 0 Å². The summed E-state index contributed by atoms with van der Waals surface area (Å²) in [5, 5.41) is 20.6. The molecule has 0 aliphatic carbocycles. The maximum absolute atomic E-state index is 13.9. The van der Waals surface area contributed by atoms with Crippen LogP contribution in [0.15, 0.2) is 58.5 Å². The van der Waals surface area contributed by atoms with Crippen LogP contribution in [-0.4, -0.2) is 78.8 Å². The Bertz CT molecular complexity index is 2770. The van der Waals surface area contributed by atoms with Gasteiger partial charge < -0.3 is 9.47 Å². The number of carbonyl (C=O) groups is 3. The van der Waals surface area contributed by atoms with Crippen LogP contribution in [0.4, 0.5) is 0 Å². The lowest BCUT2D eigenvalue weighted by Gasteiger charge is -2.12. The average Bonchev–Trinajstić information content (AvgIpc) is 3.96. The molecule has 320 valence electrons. The molecule has 0 saturated heterocycles. The predicted octanol–water partition coefficient (Wildman–Crippen LogP) is 9.59. The molecule has 6 aromatic rings. The van der Waals surface area contributed by atoms with Crippen molar-refractivity contribution in [3.63, 3.8) is 0 Å². The monoisotopic (exact) mass is 910 g/mol. The number of ether oxygens (including phenoxy) is 2. The summed E-state index contributed by atoms with van der Waals surface area (Å²) < 4.78 is 14.9. The molecule has 0 spiro atoms. The molecule has 2 aliphatic heterocycles. The number of carbonyl (C=O) groups excluding carboxylic acids is 3. The first-order valence-corrected chi connectivity index (χ1v) is 22.7. The molecule has 0 unspecified atom stereocenters. The topological polar surface area (TPSA) is 156 Å². The Morgan fingerprint density at radius 3 is 1.71 bits per heavy atom. The van der Waals surface area contributed by atoms with E-state index in [0.29, 0.717) is 70.6 Å². The first-order chi connectivity index (χ1) is 29.8. The number of hydrogen-bond donors (Lipinski definition) is 0. The second-order valence-corrected chi connectivity index (χ2v) is 18.4. The van der Waals surface area contributed by atoms with Crippen LogP contribution in [0, 0.1) is 34.6 Å². The van der Waals surface area contributed by atoms with Crippen LogP contribution in [-0.2, 0) is 19.1 Å². The number of Topliss-reactive ketones (excluding diaryl/α,β-unsaturated/α-hetero) is 2. The highest BCUT2D eigenvalue weighted by molar-refractivity contribution is 7.17. The number of hydrogen-bond acceptors (Lipinski definition) is 13. The number of ketones is 2. The lowest BCUT2D eigenvalue weighted by atomic mass is 9.98. The quantitative estimate of drug-likeness (QED) is 0.0556. The summed E-state index contributed by atoms with van der Waals surface area (Å²) in [4.78, 5) is 52.0. The minimum Gasteiger partial charge on any atom is -0.469 e. The number of aliphatic imine (C=N–C) groups is 2. The number of esters is 1. The summed E-state index contributed by atoms with van der Waals surface area (Å²) in [6.45, 7) is 10.6. The van der Waals surface area contributed by atoms with Crippen molar-refractivity contribution in [2.45, 2.75) is 85.2 Å². The van der Waals surface area contributed by atoms with Crippen molar-refractivity contribution < 1.29 is 23.9 Å². The number of aryl methyl sites for hydroxylation is 3. The Kier molecular flexibility index (Phi) is 12.8. The Morgan fingerprint density at radius 1 is 0.661 bits per heavy atom. The van der Waals surface area contributed by atoms with Crippen molar-refractivity contribution >= 4 is 74.8 Å². The minimum atomic E-state index is -0.660. The van der Waals surface area contributed by atoms with Crippen molar-refractivity contribution in [1.82, 2.24) is 29.5 Å². The van der Waals surface area contributed by atoms with E-state index in [9.17, 15) is 14.4 Å². The van der Waals surface area contributed by atoms with Crippen LogP contribution in [0.1, 0.15) is 122 Å². The molecule has 8 rings (SSSR count). The van der Waals surface area contributed by atoms with Crippen molar-refractivity contribution in [3.05, 3.63) is 125 Å². The third-order valence-electron chi connectivity index (χ3n) is 11.2. The summed E-state index contributed by atoms with van der Waals surface area (Å²) in [5.41, 5.74) is 6.88. The Morgan fingerprint density at radius 2 is 1.16 bits per heavy atom. The average molecular weight is 912 g/mol. The lowest BCUT2D eigenvalue weighted by Crippen LogP contribution is -2.12. The first-order valence-electron chi connectivity index (χ1n) is 20.3. The maximum Gasteiger partial charge on any atom is 0.308 e. The molecule has 0 radical (unpaired) electrons. The molecule has 6 heterocycles. The third-order valence-corrected chi connectivity index (χ3v) is 14.2. The van der Waals surface area contributed by atoms with Crippen LogP contribution in [0.5, 0.6) is 0 Å². The summed E-state index contributed by atoms with van der Waals surface area (Å²) in [6.07, 6.45) is 1.77. The zero-order valence-corrected chi connectivity index (χ0v) is 38.3. The molecule has 2 aliphatic rings. The zero-order valence-electron chi connectivity index (χ0n) is 35.1. The van der Waals surface area contributed by atoms with Gasteiger partial charge in [-0.1, -0.05) is 47.5 Å². The van der Waals surface area contributed by atoms with Crippen molar-refractivity contribution in [3.8, 4) is 10.0 Å². The van der Waals surface area contributed by atoms with E-state index < -0.39 is 18.1 Å². The summed E-state index contributed by atoms with van der Waals surface area (Å²) >= 11 is 15.5. The van der Waals surface area contributed by atoms with E-state index in [2.05, 4.69) is 34.2 Å². The predicted molar refractivity (Wildman–Crippen MR) is 242 cm³/mol. The second-order valence-electron chi connectivity index (χ2n) is 15.3. The smallest absolute Gasteiger partial charge is 0.308 e. The molecule has 0 fully saturated rings. The van der Waals surface area contributed by atoms with E-state index in [-0.39, 0.29) is 30.8 Å². The second kappa shape index (κ2) is 18.3. The van der Waals surface area contributed by atoms with Crippen LogP contribution in [0.2, 0.25) is 10.0 Å². The highest BCUT2D eigenvalue weighted by atomic mass is 35.5. The van der Waals surface area contributed by atoms with E-state index in [0.717, 1.165) is 54.9 Å². The molecule has 4 aromatic heterocycles. The van der Waals surface area contributed by atoms with Crippen LogP contribution >= 0.6 is 45.9 Å². The molecule has 0 bridgehead atoms. The molecule has 2 aromatic carbocycles. The number of methoxy groups -OCH3 is 1. The number of benzene rings is 2. The minimum absolute atomic E-state index is 0.0158. The Balaban J connectivity index is 0.911. The highest BCUT2D eigenvalue weighted by Gasteiger charge is 2.35. The van der Waals surface area contributed by atoms with E-state index in [1.54, 1.807) is 23.5 Å². The summed E-state index contributed by atoms with van der Waals surface area (Å²) in [7, 11) is 1.34. The van der Waals surface area contributed by atoms with E-state index >= 15 is 0 Å². The van der Waals surface area contributed by atoms with Crippen molar-refractivity contribution in [1.29, 1.82) is 0 Å². The zero-order chi connectivity index (χ0) is 43.8. The fourth-order valence-corrected chi connectivity index (χ4v) is 10.7. The van der Waals surface area contributed by atoms with E-state index in [1.165, 1.54) is 23.3 Å². The molecule has 0 N–H and O–H groups in total. The molecule has 0 amide bonds. The molecule has 13 nitrogen and oxygen atoms in total. The van der Waals surface area contributed by atoms with E-state index in [4.69, 9.17) is 42.7 Å². The Labute approximate surface area is 376 Å². The number of fused-ring (bicyclic) bond motifs is 6. The lowest BCUT2D eigenvalue weighted by molar-refractivity contribution is -0.141. The van der Waals surface area contributed by atoms with Gasteiger partial charge in [0.15, 0.2) is 17.4 Å².